The molecule has 1 amide bonds. The highest BCUT2D eigenvalue weighted by atomic mass is 16.1. The third kappa shape index (κ3) is 1.68. The van der Waals surface area contributed by atoms with E-state index in [9.17, 15) is 4.79 Å². The van der Waals surface area contributed by atoms with Gasteiger partial charge in [0.05, 0.1) is 5.41 Å². The highest BCUT2D eigenvalue weighted by Gasteiger charge is 2.34. The normalized spacial score (nSPS) is 22.8. The van der Waals surface area contributed by atoms with E-state index in [0.717, 1.165) is 25.7 Å². The molecule has 1 saturated carbocycles. The second-order valence-electron chi connectivity index (χ2n) is 3.58. The van der Waals surface area contributed by atoms with E-state index in [2.05, 4.69) is 0 Å². The van der Waals surface area contributed by atoms with Crippen molar-refractivity contribution in [3.05, 3.63) is 12.2 Å². The second-order valence-corrected chi connectivity index (χ2v) is 3.58. The minimum atomic E-state index is -0.312. The van der Waals surface area contributed by atoms with Crippen LogP contribution in [0, 0.1) is 5.41 Å². The predicted octanol–water partition coefficient (Wildman–Crippen LogP) is 2.00. The minimum Gasteiger partial charge on any atom is -0.369 e. The summed E-state index contributed by atoms with van der Waals surface area (Å²) in [6.07, 6.45) is 9.30. The van der Waals surface area contributed by atoms with E-state index >= 15 is 0 Å². The van der Waals surface area contributed by atoms with Gasteiger partial charge in [-0.05, 0) is 19.8 Å². The third-order valence-corrected chi connectivity index (χ3v) is 2.72. The van der Waals surface area contributed by atoms with Crippen molar-refractivity contribution in [1.29, 1.82) is 0 Å². The molecule has 2 N–H and O–H groups in total. The monoisotopic (exact) mass is 167 g/mol. The maximum Gasteiger partial charge on any atom is 0.227 e. The van der Waals surface area contributed by atoms with Gasteiger partial charge in [0.2, 0.25) is 5.91 Å². The molecule has 0 atom stereocenters. The topological polar surface area (TPSA) is 43.1 Å². The molecule has 2 nitrogen and oxygen atoms in total. The summed E-state index contributed by atoms with van der Waals surface area (Å²) in [4.78, 5) is 11.2. The fourth-order valence-corrected chi connectivity index (χ4v) is 2.00. The van der Waals surface area contributed by atoms with Crippen molar-refractivity contribution in [3.8, 4) is 0 Å². The molecule has 0 saturated heterocycles. The SMILES string of the molecule is CC=CC1(C(N)=O)CCCCC1. The van der Waals surface area contributed by atoms with Crippen LogP contribution in [0.1, 0.15) is 39.0 Å². The van der Waals surface area contributed by atoms with Crippen LogP contribution in [0.3, 0.4) is 0 Å². The van der Waals surface area contributed by atoms with Crippen LogP contribution in [0.2, 0.25) is 0 Å². The zero-order valence-electron chi connectivity index (χ0n) is 7.68. The van der Waals surface area contributed by atoms with Crippen molar-refractivity contribution in [1.82, 2.24) is 0 Å². The number of carbonyl (C=O) groups is 1. The van der Waals surface area contributed by atoms with Crippen LogP contribution in [0.4, 0.5) is 0 Å². The minimum absolute atomic E-state index is 0.152. The largest absolute Gasteiger partial charge is 0.369 e. The number of hydrogen-bond donors (Lipinski definition) is 1. The molecule has 0 radical (unpaired) electrons. The van der Waals surface area contributed by atoms with E-state index < -0.39 is 0 Å². The zero-order chi connectivity index (χ0) is 9.03. The number of hydrogen-bond acceptors (Lipinski definition) is 1. The molecule has 1 fully saturated rings. The molecule has 2 heteroatoms. The highest BCUT2D eigenvalue weighted by Crippen LogP contribution is 2.37. The van der Waals surface area contributed by atoms with Gasteiger partial charge in [-0.1, -0.05) is 31.4 Å². The Balaban J connectivity index is 2.76. The Hall–Kier alpha value is -0.790. The van der Waals surface area contributed by atoms with E-state index in [4.69, 9.17) is 5.73 Å². The molecular formula is C10H17NO. The summed E-state index contributed by atoms with van der Waals surface area (Å²) in [5.74, 6) is -0.152. The molecule has 0 bridgehead atoms. The Morgan fingerprint density at radius 2 is 1.92 bits per heavy atom. The predicted molar refractivity (Wildman–Crippen MR) is 49.5 cm³/mol. The molecule has 1 rings (SSSR count). The first kappa shape index (κ1) is 9.30. The first-order chi connectivity index (χ1) is 5.71. The zero-order valence-corrected chi connectivity index (χ0v) is 7.68. The van der Waals surface area contributed by atoms with Crippen LogP contribution in [0.25, 0.3) is 0 Å². The van der Waals surface area contributed by atoms with Gasteiger partial charge in [0.1, 0.15) is 0 Å². The van der Waals surface area contributed by atoms with Gasteiger partial charge in [-0.2, -0.15) is 0 Å². The molecule has 0 spiro atoms. The number of amides is 1. The van der Waals surface area contributed by atoms with Crippen LogP contribution in [-0.4, -0.2) is 5.91 Å². The van der Waals surface area contributed by atoms with Crippen molar-refractivity contribution in [2.45, 2.75) is 39.0 Å². The van der Waals surface area contributed by atoms with E-state index in [1.54, 1.807) is 0 Å². The van der Waals surface area contributed by atoms with Crippen molar-refractivity contribution < 1.29 is 4.79 Å². The summed E-state index contributed by atoms with van der Waals surface area (Å²) < 4.78 is 0. The summed E-state index contributed by atoms with van der Waals surface area (Å²) in [6, 6.07) is 0. The van der Waals surface area contributed by atoms with E-state index in [1.165, 1.54) is 6.42 Å². The van der Waals surface area contributed by atoms with Crippen LogP contribution in [-0.2, 0) is 4.79 Å². The van der Waals surface area contributed by atoms with E-state index in [-0.39, 0.29) is 11.3 Å². The first-order valence-corrected chi connectivity index (χ1v) is 4.65. The molecule has 68 valence electrons. The fraction of sp³-hybridized carbons (Fsp3) is 0.700. The molecule has 0 aromatic heterocycles. The molecule has 12 heavy (non-hydrogen) atoms. The summed E-state index contributed by atoms with van der Waals surface area (Å²) in [7, 11) is 0. The average Bonchev–Trinajstić information content (AvgIpc) is 2.06. The maximum atomic E-state index is 11.2. The molecule has 1 aliphatic rings. The fourth-order valence-electron chi connectivity index (χ4n) is 2.00. The van der Waals surface area contributed by atoms with Gasteiger partial charge in [0.15, 0.2) is 0 Å². The Labute approximate surface area is 73.8 Å². The van der Waals surface area contributed by atoms with Crippen LogP contribution in [0.5, 0.6) is 0 Å². The smallest absolute Gasteiger partial charge is 0.227 e. The van der Waals surface area contributed by atoms with Crippen molar-refractivity contribution >= 4 is 5.91 Å². The Bertz CT molecular complexity index is 190. The Kier molecular flexibility index (Phi) is 2.90. The van der Waals surface area contributed by atoms with Gasteiger partial charge in [-0.3, -0.25) is 4.79 Å². The number of rotatable bonds is 2. The Morgan fingerprint density at radius 3 is 2.33 bits per heavy atom. The summed E-state index contributed by atoms with van der Waals surface area (Å²) in [5.41, 5.74) is 5.09. The lowest BCUT2D eigenvalue weighted by Gasteiger charge is -2.31. The summed E-state index contributed by atoms with van der Waals surface area (Å²) in [6.45, 7) is 1.94. The number of primary amides is 1. The van der Waals surface area contributed by atoms with E-state index in [0.29, 0.717) is 0 Å². The standard InChI is InChI=1S/C10H17NO/c1-2-6-10(9(11)12)7-4-3-5-8-10/h2,6H,3-5,7-8H2,1H3,(H2,11,12). The lowest BCUT2D eigenvalue weighted by atomic mass is 9.73. The quantitative estimate of drug-likeness (QED) is 0.628. The number of nitrogens with two attached hydrogens (primary N) is 1. The molecule has 0 aromatic rings. The highest BCUT2D eigenvalue weighted by molar-refractivity contribution is 5.83. The molecule has 0 aromatic carbocycles. The lowest BCUT2D eigenvalue weighted by molar-refractivity contribution is -0.126. The number of carbonyl (C=O) groups excluding carboxylic acids is 1. The van der Waals surface area contributed by atoms with Crippen LogP contribution in [0.15, 0.2) is 12.2 Å². The van der Waals surface area contributed by atoms with Crippen molar-refractivity contribution in [2.24, 2.45) is 11.1 Å². The van der Waals surface area contributed by atoms with E-state index in [1.807, 2.05) is 19.1 Å². The third-order valence-electron chi connectivity index (χ3n) is 2.72. The summed E-state index contributed by atoms with van der Waals surface area (Å²) in [5, 5.41) is 0. The molecule has 0 heterocycles. The van der Waals surface area contributed by atoms with Gasteiger partial charge in [-0.25, -0.2) is 0 Å². The van der Waals surface area contributed by atoms with Crippen molar-refractivity contribution in [2.75, 3.05) is 0 Å². The van der Waals surface area contributed by atoms with Gasteiger partial charge in [-0.15, -0.1) is 0 Å². The first-order valence-electron chi connectivity index (χ1n) is 4.65. The summed E-state index contributed by atoms with van der Waals surface area (Å²) >= 11 is 0. The molecule has 1 aliphatic carbocycles. The second kappa shape index (κ2) is 3.74. The van der Waals surface area contributed by atoms with Crippen LogP contribution < -0.4 is 5.73 Å². The van der Waals surface area contributed by atoms with Gasteiger partial charge < -0.3 is 5.73 Å². The van der Waals surface area contributed by atoms with Gasteiger partial charge >= 0.3 is 0 Å². The lowest BCUT2D eigenvalue weighted by Crippen LogP contribution is -2.37. The van der Waals surface area contributed by atoms with Gasteiger partial charge in [0.25, 0.3) is 0 Å². The maximum absolute atomic E-state index is 11.2. The number of allylic oxidation sites excluding steroid dienone is 1. The van der Waals surface area contributed by atoms with Gasteiger partial charge in [0, 0.05) is 0 Å². The molecule has 0 unspecified atom stereocenters. The van der Waals surface area contributed by atoms with Crippen molar-refractivity contribution in [3.63, 3.8) is 0 Å². The average molecular weight is 167 g/mol. The Morgan fingerprint density at radius 1 is 1.33 bits per heavy atom. The molecule has 0 aliphatic heterocycles. The molecular weight excluding hydrogens is 150 g/mol. The van der Waals surface area contributed by atoms with Crippen LogP contribution >= 0.6 is 0 Å².